The molecule has 60 valence electrons. The van der Waals surface area contributed by atoms with Gasteiger partial charge in [0, 0.05) is 0 Å². The highest BCUT2D eigenvalue weighted by Crippen LogP contribution is 2.15. The van der Waals surface area contributed by atoms with Crippen LogP contribution < -0.4 is 5.32 Å². The molecule has 3 atom stereocenters. The topological polar surface area (TPSA) is 52.5 Å². The van der Waals surface area contributed by atoms with Gasteiger partial charge in [-0.3, -0.25) is 0 Å². The molecule has 3 unspecified atom stereocenters. The van der Waals surface area contributed by atoms with E-state index in [0.29, 0.717) is 5.92 Å². The second-order valence-corrected chi connectivity index (χ2v) is 3.00. The van der Waals surface area contributed by atoms with E-state index in [1.54, 1.807) is 0 Å². The first-order valence-corrected chi connectivity index (χ1v) is 3.78. The molecule has 0 aliphatic carbocycles. The van der Waals surface area contributed by atoms with Crippen molar-refractivity contribution < 1.29 is 10.2 Å². The minimum atomic E-state index is -0.376. The maximum atomic E-state index is 9.41. The highest BCUT2D eigenvalue weighted by molar-refractivity contribution is 4.84. The van der Waals surface area contributed by atoms with Crippen LogP contribution in [0.5, 0.6) is 0 Å². The van der Waals surface area contributed by atoms with Gasteiger partial charge in [0.15, 0.2) is 0 Å². The van der Waals surface area contributed by atoms with Gasteiger partial charge in [0.05, 0.1) is 18.8 Å². The van der Waals surface area contributed by atoms with Crippen molar-refractivity contribution in [1.29, 1.82) is 0 Å². The molecule has 1 heterocycles. The van der Waals surface area contributed by atoms with Crippen LogP contribution in [0.3, 0.4) is 0 Å². The Kier molecular flexibility index (Phi) is 2.65. The number of hydrogen-bond donors (Lipinski definition) is 3. The Hall–Kier alpha value is -0.120. The van der Waals surface area contributed by atoms with Gasteiger partial charge in [-0.2, -0.15) is 0 Å². The average Bonchev–Trinajstić information content (AvgIpc) is 1.95. The fraction of sp³-hybridized carbons (Fsp3) is 1.00. The Morgan fingerprint density at radius 2 is 2.30 bits per heavy atom. The molecule has 10 heavy (non-hydrogen) atoms. The molecule has 0 aromatic rings. The maximum Gasteiger partial charge on any atom is 0.0741 e. The van der Waals surface area contributed by atoms with Crippen molar-refractivity contribution in [2.45, 2.75) is 25.5 Å². The van der Waals surface area contributed by atoms with E-state index in [1.807, 2.05) is 6.92 Å². The molecule has 1 saturated heterocycles. The van der Waals surface area contributed by atoms with Crippen molar-refractivity contribution >= 4 is 0 Å². The molecule has 3 N–H and O–H groups in total. The summed E-state index contributed by atoms with van der Waals surface area (Å²) in [5.74, 6) is 0.318. The van der Waals surface area contributed by atoms with E-state index in [0.717, 1.165) is 13.0 Å². The Bertz CT molecular complexity index is 108. The van der Waals surface area contributed by atoms with E-state index in [2.05, 4.69) is 5.32 Å². The highest BCUT2D eigenvalue weighted by atomic mass is 16.3. The summed E-state index contributed by atoms with van der Waals surface area (Å²) in [6.45, 7) is 2.95. The number of aliphatic hydroxyl groups excluding tert-OH is 2. The lowest BCUT2D eigenvalue weighted by atomic mass is 9.91. The van der Waals surface area contributed by atoms with Crippen LogP contribution in [0.15, 0.2) is 0 Å². The first kappa shape index (κ1) is 7.98. The molecule has 3 heteroatoms. The van der Waals surface area contributed by atoms with Crippen molar-refractivity contribution in [2.24, 2.45) is 5.92 Å². The Morgan fingerprint density at radius 1 is 1.60 bits per heavy atom. The van der Waals surface area contributed by atoms with Crippen LogP contribution in [0.2, 0.25) is 0 Å². The summed E-state index contributed by atoms with van der Waals surface area (Å²) >= 11 is 0. The monoisotopic (exact) mass is 145 g/mol. The van der Waals surface area contributed by atoms with E-state index >= 15 is 0 Å². The number of nitrogens with one attached hydrogen (secondary N) is 1. The molecule has 0 aromatic heterocycles. The summed E-state index contributed by atoms with van der Waals surface area (Å²) in [5, 5.41) is 21.2. The summed E-state index contributed by atoms with van der Waals surface area (Å²) in [6.07, 6.45) is 0.622. The lowest BCUT2D eigenvalue weighted by molar-refractivity contribution is 0.0266. The molecule has 0 spiro atoms. The van der Waals surface area contributed by atoms with Crippen LogP contribution in [-0.4, -0.2) is 35.5 Å². The van der Waals surface area contributed by atoms with Crippen molar-refractivity contribution in [3.05, 3.63) is 0 Å². The largest absolute Gasteiger partial charge is 0.395 e. The van der Waals surface area contributed by atoms with Crippen LogP contribution in [0, 0.1) is 5.92 Å². The Balaban J connectivity index is 2.42. The van der Waals surface area contributed by atoms with Crippen molar-refractivity contribution in [3.8, 4) is 0 Å². The molecule has 0 aromatic carbocycles. The van der Waals surface area contributed by atoms with E-state index in [1.165, 1.54) is 0 Å². The fourth-order valence-corrected chi connectivity index (χ4v) is 1.36. The molecular weight excluding hydrogens is 130 g/mol. The zero-order chi connectivity index (χ0) is 7.56. The second kappa shape index (κ2) is 3.32. The van der Waals surface area contributed by atoms with Gasteiger partial charge in [-0.15, -0.1) is 0 Å². The third-order valence-electron chi connectivity index (χ3n) is 2.20. The van der Waals surface area contributed by atoms with Crippen LogP contribution in [0.25, 0.3) is 0 Å². The highest BCUT2D eigenvalue weighted by Gasteiger charge is 2.27. The first-order valence-electron chi connectivity index (χ1n) is 3.78. The molecular formula is C7H15NO2. The normalized spacial score (nSPS) is 41.7. The number of aliphatic hydroxyl groups is 2. The second-order valence-electron chi connectivity index (χ2n) is 3.00. The molecule has 0 radical (unpaired) electrons. The number of hydrogen-bond acceptors (Lipinski definition) is 3. The molecule has 0 bridgehead atoms. The smallest absolute Gasteiger partial charge is 0.0741 e. The standard InChI is InChI=1S/C7H15NO2/c1-5-2-3-8-6(4-9)7(5)10/h5-10H,2-4H2,1H3. The summed E-state index contributed by atoms with van der Waals surface area (Å²) < 4.78 is 0. The van der Waals surface area contributed by atoms with Gasteiger partial charge >= 0.3 is 0 Å². The number of piperidine rings is 1. The maximum absolute atomic E-state index is 9.41. The molecule has 1 fully saturated rings. The van der Waals surface area contributed by atoms with Gasteiger partial charge in [0.25, 0.3) is 0 Å². The van der Waals surface area contributed by atoms with Crippen LogP contribution >= 0.6 is 0 Å². The van der Waals surface area contributed by atoms with Gasteiger partial charge < -0.3 is 15.5 Å². The molecule has 1 rings (SSSR count). The predicted octanol–water partition coefficient (Wildman–Crippen LogP) is -0.662. The van der Waals surface area contributed by atoms with E-state index in [-0.39, 0.29) is 18.8 Å². The molecule has 0 amide bonds. The predicted molar refractivity (Wildman–Crippen MR) is 38.7 cm³/mol. The zero-order valence-electron chi connectivity index (χ0n) is 6.25. The molecule has 1 aliphatic heterocycles. The van der Waals surface area contributed by atoms with Crippen LogP contribution in [0.1, 0.15) is 13.3 Å². The minimum absolute atomic E-state index is 0.0332. The molecule has 0 saturated carbocycles. The SMILES string of the molecule is CC1CCNC(CO)C1O. The Labute approximate surface area is 61.1 Å². The van der Waals surface area contributed by atoms with Crippen molar-refractivity contribution in [3.63, 3.8) is 0 Å². The van der Waals surface area contributed by atoms with Crippen LogP contribution in [-0.2, 0) is 0 Å². The fourth-order valence-electron chi connectivity index (χ4n) is 1.36. The van der Waals surface area contributed by atoms with E-state index in [4.69, 9.17) is 5.11 Å². The quantitative estimate of drug-likeness (QED) is 0.459. The van der Waals surface area contributed by atoms with Crippen molar-refractivity contribution in [2.75, 3.05) is 13.2 Å². The summed E-state index contributed by atoms with van der Waals surface area (Å²) in [7, 11) is 0. The Morgan fingerprint density at radius 3 is 2.80 bits per heavy atom. The first-order chi connectivity index (χ1) is 4.75. The molecule has 1 aliphatic rings. The van der Waals surface area contributed by atoms with Crippen LogP contribution in [0.4, 0.5) is 0 Å². The van der Waals surface area contributed by atoms with Gasteiger partial charge in [0.1, 0.15) is 0 Å². The zero-order valence-corrected chi connectivity index (χ0v) is 6.25. The minimum Gasteiger partial charge on any atom is -0.395 e. The van der Waals surface area contributed by atoms with Gasteiger partial charge in [-0.05, 0) is 18.9 Å². The third-order valence-corrected chi connectivity index (χ3v) is 2.20. The summed E-state index contributed by atoms with van der Waals surface area (Å²) in [5.41, 5.74) is 0. The summed E-state index contributed by atoms with van der Waals surface area (Å²) in [4.78, 5) is 0. The number of rotatable bonds is 1. The molecule has 3 nitrogen and oxygen atoms in total. The van der Waals surface area contributed by atoms with E-state index in [9.17, 15) is 5.11 Å². The summed E-state index contributed by atoms with van der Waals surface area (Å²) in [6, 6.07) is -0.108. The van der Waals surface area contributed by atoms with Gasteiger partial charge in [-0.25, -0.2) is 0 Å². The lowest BCUT2D eigenvalue weighted by Gasteiger charge is -2.32. The lowest BCUT2D eigenvalue weighted by Crippen LogP contribution is -2.50. The third kappa shape index (κ3) is 1.48. The van der Waals surface area contributed by atoms with E-state index < -0.39 is 0 Å². The van der Waals surface area contributed by atoms with Crippen molar-refractivity contribution in [1.82, 2.24) is 5.32 Å². The van der Waals surface area contributed by atoms with Gasteiger partial charge in [0.2, 0.25) is 0 Å². The van der Waals surface area contributed by atoms with Gasteiger partial charge in [-0.1, -0.05) is 6.92 Å². The average molecular weight is 145 g/mol.